The third-order valence-electron chi connectivity index (χ3n) is 4.01. The summed E-state index contributed by atoms with van der Waals surface area (Å²) in [6, 6.07) is 12.0. The van der Waals surface area contributed by atoms with Gasteiger partial charge in [-0.2, -0.15) is 0 Å². The number of carbonyl (C=O) groups excluding carboxylic acids is 1. The number of ether oxygens (including phenoxy) is 3. The van der Waals surface area contributed by atoms with Crippen LogP contribution in [0.3, 0.4) is 0 Å². The number of methoxy groups -OCH3 is 1. The smallest absolute Gasteiger partial charge is 0.306 e. The molecule has 25 heavy (non-hydrogen) atoms. The Morgan fingerprint density at radius 2 is 1.96 bits per heavy atom. The van der Waals surface area contributed by atoms with Gasteiger partial charge in [-0.25, -0.2) is 0 Å². The second-order valence-corrected chi connectivity index (χ2v) is 6.60. The van der Waals surface area contributed by atoms with Crippen molar-refractivity contribution in [3.8, 4) is 5.75 Å². The maximum atomic E-state index is 11.8. The standard InChI is InChI=1S/C21H28O4/c1-16(2)6-4-9-21(22)25-15-17-10-11-18-7-5-8-20(19(18)14-17)24-13-12-23-3/h5,7-8,10-11,14,16H,4,6,9,12-13,15H2,1-3H3. The van der Waals surface area contributed by atoms with Crippen molar-refractivity contribution in [3.63, 3.8) is 0 Å². The first-order valence-electron chi connectivity index (χ1n) is 8.89. The molecule has 0 bridgehead atoms. The summed E-state index contributed by atoms with van der Waals surface area (Å²) in [5.74, 6) is 1.30. The second kappa shape index (κ2) is 10.0. The van der Waals surface area contributed by atoms with E-state index in [1.807, 2.05) is 36.4 Å². The van der Waals surface area contributed by atoms with Crippen molar-refractivity contribution in [2.75, 3.05) is 20.3 Å². The second-order valence-electron chi connectivity index (χ2n) is 6.60. The summed E-state index contributed by atoms with van der Waals surface area (Å²) >= 11 is 0. The predicted molar refractivity (Wildman–Crippen MR) is 99.8 cm³/mol. The Balaban J connectivity index is 1.97. The number of rotatable bonds is 10. The van der Waals surface area contributed by atoms with Gasteiger partial charge in [0.15, 0.2) is 0 Å². The Hall–Kier alpha value is -2.07. The molecule has 0 aliphatic heterocycles. The molecular weight excluding hydrogens is 316 g/mol. The lowest BCUT2D eigenvalue weighted by molar-refractivity contribution is -0.145. The zero-order chi connectivity index (χ0) is 18.1. The monoisotopic (exact) mass is 344 g/mol. The highest BCUT2D eigenvalue weighted by Crippen LogP contribution is 2.27. The molecule has 0 heterocycles. The van der Waals surface area contributed by atoms with Crippen molar-refractivity contribution in [1.82, 2.24) is 0 Å². The van der Waals surface area contributed by atoms with E-state index in [1.54, 1.807) is 7.11 Å². The van der Waals surface area contributed by atoms with Crippen LogP contribution in [0, 0.1) is 5.92 Å². The fourth-order valence-corrected chi connectivity index (χ4v) is 2.63. The molecule has 0 amide bonds. The van der Waals surface area contributed by atoms with Gasteiger partial charge in [0.05, 0.1) is 6.61 Å². The first-order valence-corrected chi connectivity index (χ1v) is 8.89. The van der Waals surface area contributed by atoms with Gasteiger partial charge < -0.3 is 14.2 Å². The van der Waals surface area contributed by atoms with Crippen LogP contribution in [0.5, 0.6) is 5.75 Å². The molecule has 0 aromatic heterocycles. The minimum atomic E-state index is -0.134. The molecule has 0 unspecified atom stereocenters. The number of hydrogen-bond donors (Lipinski definition) is 0. The van der Waals surface area contributed by atoms with Crippen molar-refractivity contribution in [2.24, 2.45) is 5.92 Å². The van der Waals surface area contributed by atoms with E-state index >= 15 is 0 Å². The molecule has 0 fully saturated rings. The molecule has 2 rings (SSSR count). The lowest BCUT2D eigenvalue weighted by Crippen LogP contribution is -2.06. The van der Waals surface area contributed by atoms with Gasteiger partial charge in [-0.15, -0.1) is 0 Å². The molecular formula is C21H28O4. The quantitative estimate of drug-likeness (QED) is 0.461. The number of benzene rings is 2. The largest absolute Gasteiger partial charge is 0.491 e. The SMILES string of the molecule is COCCOc1cccc2ccc(COC(=O)CCCC(C)C)cc12. The van der Waals surface area contributed by atoms with Crippen LogP contribution in [0.1, 0.15) is 38.7 Å². The third kappa shape index (κ3) is 6.39. The molecule has 0 spiro atoms. The first-order chi connectivity index (χ1) is 12.1. The molecule has 4 heteroatoms. The maximum absolute atomic E-state index is 11.8. The number of carbonyl (C=O) groups is 1. The van der Waals surface area contributed by atoms with Crippen LogP contribution in [0.2, 0.25) is 0 Å². The number of esters is 1. The van der Waals surface area contributed by atoms with Gasteiger partial charge in [-0.05, 0) is 35.4 Å². The Morgan fingerprint density at radius 3 is 2.72 bits per heavy atom. The van der Waals surface area contributed by atoms with Gasteiger partial charge in [0.2, 0.25) is 0 Å². The summed E-state index contributed by atoms with van der Waals surface area (Å²) in [6.45, 7) is 5.66. The molecule has 0 atom stereocenters. The molecule has 136 valence electrons. The normalized spacial score (nSPS) is 11.0. The molecule has 2 aromatic carbocycles. The predicted octanol–water partition coefficient (Wildman–Crippen LogP) is 4.73. The van der Waals surface area contributed by atoms with Crippen LogP contribution >= 0.6 is 0 Å². The fourth-order valence-electron chi connectivity index (χ4n) is 2.63. The van der Waals surface area contributed by atoms with Crippen LogP contribution in [-0.4, -0.2) is 26.3 Å². The first kappa shape index (κ1) is 19.3. The van der Waals surface area contributed by atoms with Crippen molar-refractivity contribution in [1.29, 1.82) is 0 Å². The molecule has 0 saturated carbocycles. The van der Waals surface area contributed by atoms with Crippen molar-refractivity contribution in [2.45, 2.75) is 39.7 Å². The van der Waals surface area contributed by atoms with E-state index in [1.165, 1.54) is 0 Å². The zero-order valence-corrected chi connectivity index (χ0v) is 15.4. The summed E-state index contributed by atoms with van der Waals surface area (Å²) in [4.78, 5) is 11.8. The van der Waals surface area contributed by atoms with Crippen LogP contribution in [0.25, 0.3) is 10.8 Å². The van der Waals surface area contributed by atoms with Gasteiger partial charge in [0.25, 0.3) is 0 Å². The number of hydrogen-bond acceptors (Lipinski definition) is 4. The van der Waals surface area contributed by atoms with Crippen molar-refractivity contribution >= 4 is 16.7 Å². The Labute approximate surface area is 150 Å². The minimum absolute atomic E-state index is 0.134. The van der Waals surface area contributed by atoms with E-state index in [0.717, 1.165) is 34.9 Å². The summed E-state index contributed by atoms with van der Waals surface area (Å²) in [6.07, 6.45) is 2.41. The molecule has 4 nitrogen and oxygen atoms in total. The third-order valence-corrected chi connectivity index (χ3v) is 4.01. The van der Waals surface area contributed by atoms with Gasteiger partial charge >= 0.3 is 5.97 Å². The number of fused-ring (bicyclic) bond motifs is 1. The minimum Gasteiger partial charge on any atom is -0.491 e. The molecule has 0 N–H and O–H groups in total. The highest BCUT2D eigenvalue weighted by molar-refractivity contribution is 5.88. The summed E-state index contributed by atoms with van der Waals surface area (Å²) in [5, 5.41) is 2.12. The van der Waals surface area contributed by atoms with Crippen molar-refractivity contribution in [3.05, 3.63) is 42.0 Å². The fraction of sp³-hybridized carbons (Fsp3) is 0.476. The van der Waals surface area contributed by atoms with E-state index < -0.39 is 0 Å². The molecule has 0 aliphatic carbocycles. The molecule has 0 radical (unpaired) electrons. The van der Waals surface area contributed by atoms with Crippen LogP contribution in [0.4, 0.5) is 0 Å². The van der Waals surface area contributed by atoms with Gasteiger partial charge in [0.1, 0.15) is 19.0 Å². The van der Waals surface area contributed by atoms with E-state index in [-0.39, 0.29) is 5.97 Å². The van der Waals surface area contributed by atoms with Crippen LogP contribution in [0.15, 0.2) is 36.4 Å². The Bertz CT molecular complexity index is 679. The highest BCUT2D eigenvalue weighted by atomic mass is 16.5. The molecule has 2 aromatic rings. The van der Waals surface area contributed by atoms with E-state index in [0.29, 0.717) is 32.2 Å². The molecule has 0 aliphatic rings. The highest BCUT2D eigenvalue weighted by Gasteiger charge is 2.07. The zero-order valence-electron chi connectivity index (χ0n) is 15.4. The van der Waals surface area contributed by atoms with Gasteiger partial charge in [-0.3, -0.25) is 4.79 Å². The topological polar surface area (TPSA) is 44.8 Å². The Kier molecular flexibility index (Phi) is 7.74. The van der Waals surface area contributed by atoms with E-state index in [4.69, 9.17) is 14.2 Å². The average Bonchev–Trinajstić information content (AvgIpc) is 2.60. The van der Waals surface area contributed by atoms with E-state index in [2.05, 4.69) is 13.8 Å². The lowest BCUT2D eigenvalue weighted by Gasteiger charge is -2.11. The van der Waals surface area contributed by atoms with Gasteiger partial charge in [0, 0.05) is 18.9 Å². The maximum Gasteiger partial charge on any atom is 0.306 e. The summed E-state index contributed by atoms with van der Waals surface area (Å²) < 4.78 is 16.2. The van der Waals surface area contributed by atoms with E-state index in [9.17, 15) is 4.79 Å². The summed E-state index contributed by atoms with van der Waals surface area (Å²) in [5.41, 5.74) is 0.965. The van der Waals surface area contributed by atoms with Crippen LogP contribution in [-0.2, 0) is 20.9 Å². The lowest BCUT2D eigenvalue weighted by atomic mass is 10.1. The average molecular weight is 344 g/mol. The summed E-state index contributed by atoms with van der Waals surface area (Å²) in [7, 11) is 1.65. The van der Waals surface area contributed by atoms with Crippen molar-refractivity contribution < 1.29 is 19.0 Å². The Morgan fingerprint density at radius 1 is 1.12 bits per heavy atom. The van der Waals surface area contributed by atoms with Gasteiger partial charge in [-0.1, -0.05) is 44.5 Å². The molecule has 0 saturated heterocycles. The van der Waals surface area contributed by atoms with Crippen LogP contribution < -0.4 is 4.74 Å².